The number of hydrogen-bond acceptors (Lipinski definition) is 13. The zero-order valence-electron chi connectivity index (χ0n) is 14.8. The summed E-state index contributed by atoms with van der Waals surface area (Å²) in [6.07, 6.45) is -1.42. The van der Waals surface area contributed by atoms with E-state index in [1.54, 1.807) is 0 Å². The monoisotopic (exact) mass is 416 g/mol. The van der Waals surface area contributed by atoms with Crippen LogP contribution in [0, 0.1) is 4.91 Å². The van der Waals surface area contributed by atoms with Crippen LogP contribution in [0.3, 0.4) is 0 Å². The maximum Gasteiger partial charge on any atom is 0.322 e. The number of hydrogen-bond donors (Lipinski definition) is 7. The summed E-state index contributed by atoms with van der Waals surface area (Å²) in [7, 11) is 0. The molecule has 3 heterocycles. The second-order valence-electron chi connectivity index (χ2n) is 5.89. The molecular formula is C13H20N8O8. The number of carboxylic acids is 1. The predicted molar refractivity (Wildman–Crippen MR) is 92.6 cm³/mol. The van der Waals surface area contributed by atoms with Crippen LogP contribution in [0.4, 0.5) is 5.82 Å². The number of fused-ring (bicyclic) bond motifs is 1. The van der Waals surface area contributed by atoms with Gasteiger partial charge in [0.1, 0.15) is 36.2 Å². The molecule has 2 aromatic rings. The standard InChI is InChI=1S/C10H13N5O4.C3H7N3O4/c11-8-5-9(13-2-12-8)15(3-14-5)10-7(18)6(17)4(1-16)19-10;4-2(3(7)8)1-6(10)5-9/h2-4,6-7,10,16-18H,1H2,(H2,11,12,13);2,10H,1,4H2,(H,7,8)/t4-,6-,7-,10-;2-/m10/s1. The van der Waals surface area contributed by atoms with Crippen molar-refractivity contribution in [1.82, 2.24) is 24.7 Å². The van der Waals surface area contributed by atoms with Crippen molar-refractivity contribution in [3.63, 3.8) is 0 Å². The van der Waals surface area contributed by atoms with E-state index in [1.807, 2.05) is 5.29 Å². The fourth-order valence-corrected chi connectivity index (χ4v) is 2.45. The minimum absolute atomic E-state index is 0.0706. The van der Waals surface area contributed by atoms with Crippen LogP contribution in [0.15, 0.2) is 17.9 Å². The Kier molecular flexibility index (Phi) is 7.26. The van der Waals surface area contributed by atoms with Gasteiger partial charge in [0.15, 0.2) is 17.7 Å². The first-order chi connectivity index (χ1) is 13.7. The molecule has 5 atom stereocenters. The van der Waals surface area contributed by atoms with Crippen molar-refractivity contribution in [1.29, 1.82) is 0 Å². The first-order valence-electron chi connectivity index (χ1n) is 8.04. The van der Waals surface area contributed by atoms with Gasteiger partial charge in [-0.05, 0) is 0 Å². The van der Waals surface area contributed by atoms with Crippen LogP contribution in [-0.4, -0.2) is 93.8 Å². The second kappa shape index (κ2) is 9.45. The number of hydroxylamine groups is 1. The Morgan fingerprint density at radius 1 is 1.34 bits per heavy atom. The largest absolute Gasteiger partial charge is 0.480 e. The molecule has 0 bridgehead atoms. The highest BCUT2D eigenvalue weighted by molar-refractivity contribution is 5.81. The summed E-state index contributed by atoms with van der Waals surface area (Å²) in [4.78, 5) is 31.3. The summed E-state index contributed by atoms with van der Waals surface area (Å²) in [5, 5.41) is 47.1. The molecule has 1 saturated heterocycles. The molecule has 0 spiro atoms. The number of rotatable bonds is 6. The van der Waals surface area contributed by atoms with Gasteiger partial charge in [0.05, 0.1) is 24.8 Å². The lowest BCUT2D eigenvalue weighted by atomic mass is 10.1. The van der Waals surface area contributed by atoms with E-state index in [0.717, 1.165) is 0 Å². The molecule has 160 valence electrons. The molecule has 3 rings (SSSR count). The molecule has 0 unspecified atom stereocenters. The van der Waals surface area contributed by atoms with Crippen LogP contribution in [0.5, 0.6) is 0 Å². The zero-order valence-corrected chi connectivity index (χ0v) is 14.8. The van der Waals surface area contributed by atoms with E-state index >= 15 is 0 Å². The van der Waals surface area contributed by atoms with Gasteiger partial charge in [0.2, 0.25) is 0 Å². The lowest BCUT2D eigenvalue weighted by Crippen LogP contribution is -2.39. The summed E-state index contributed by atoms with van der Waals surface area (Å²) < 4.78 is 6.85. The van der Waals surface area contributed by atoms with E-state index < -0.39 is 49.7 Å². The summed E-state index contributed by atoms with van der Waals surface area (Å²) >= 11 is 0. The van der Waals surface area contributed by atoms with E-state index in [4.69, 9.17) is 31.6 Å². The van der Waals surface area contributed by atoms with Crippen molar-refractivity contribution in [3.05, 3.63) is 17.6 Å². The molecule has 0 aromatic carbocycles. The van der Waals surface area contributed by atoms with Gasteiger partial charge in [0.25, 0.3) is 0 Å². The second-order valence-corrected chi connectivity index (χ2v) is 5.89. The van der Waals surface area contributed by atoms with Gasteiger partial charge >= 0.3 is 5.97 Å². The molecule has 1 aliphatic rings. The number of carboxylic acid groups (broad SMARTS) is 1. The number of carbonyl (C=O) groups is 1. The fourth-order valence-electron chi connectivity index (χ4n) is 2.45. The number of aromatic nitrogens is 4. The fraction of sp³-hybridized carbons (Fsp3) is 0.538. The van der Waals surface area contributed by atoms with Crippen LogP contribution >= 0.6 is 0 Å². The van der Waals surface area contributed by atoms with Crippen molar-refractivity contribution in [3.8, 4) is 0 Å². The van der Waals surface area contributed by atoms with Gasteiger partial charge in [-0.2, -0.15) is 0 Å². The van der Waals surface area contributed by atoms with Gasteiger partial charge < -0.3 is 36.6 Å². The number of aliphatic carboxylic acids is 1. The average molecular weight is 416 g/mol. The smallest absolute Gasteiger partial charge is 0.322 e. The maximum atomic E-state index is 9.95. The molecule has 0 radical (unpaired) electrons. The SMILES string of the molecule is N[C@@H](CN(O)N=O)C(=O)O.Nc1ncnc2c1ncn2[C@@H]1O[C@H](CO)[C@@H](O)[C@H]1O. The van der Waals surface area contributed by atoms with E-state index in [0.29, 0.717) is 11.2 Å². The van der Waals surface area contributed by atoms with Crippen molar-refractivity contribution in [2.24, 2.45) is 11.0 Å². The van der Waals surface area contributed by atoms with E-state index in [2.05, 4.69) is 15.0 Å². The molecule has 0 amide bonds. The molecule has 16 nitrogen and oxygen atoms in total. The lowest BCUT2D eigenvalue weighted by Gasteiger charge is -2.16. The van der Waals surface area contributed by atoms with Crippen LogP contribution in [0.2, 0.25) is 0 Å². The first kappa shape index (κ1) is 22.3. The van der Waals surface area contributed by atoms with Crippen LogP contribution in [0.1, 0.15) is 6.23 Å². The lowest BCUT2D eigenvalue weighted by molar-refractivity contribution is -0.144. The van der Waals surface area contributed by atoms with E-state index in [-0.39, 0.29) is 11.0 Å². The van der Waals surface area contributed by atoms with Crippen LogP contribution in [-0.2, 0) is 9.53 Å². The molecule has 9 N–H and O–H groups in total. The number of imidazole rings is 1. The number of aliphatic hydroxyl groups is 3. The molecule has 0 aliphatic carbocycles. The number of anilines is 1. The molecule has 16 heteroatoms. The Balaban J connectivity index is 0.000000257. The molecule has 2 aromatic heterocycles. The van der Waals surface area contributed by atoms with Crippen molar-refractivity contribution in [2.75, 3.05) is 18.9 Å². The average Bonchev–Trinajstić information content (AvgIpc) is 3.24. The number of nitroso groups, excluding NO2 is 1. The van der Waals surface area contributed by atoms with E-state index in [9.17, 15) is 19.9 Å². The highest BCUT2D eigenvalue weighted by atomic mass is 16.6. The number of nitrogen functional groups attached to an aromatic ring is 1. The Bertz CT molecular complexity index is 849. The number of ether oxygens (including phenoxy) is 1. The van der Waals surface area contributed by atoms with Gasteiger partial charge in [0, 0.05) is 0 Å². The number of aliphatic hydroxyl groups excluding tert-OH is 3. The van der Waals surface area contributed by atoms with Crippen LogP contribution in [0.25, 0.3) is 11.2 Å². The van der Waals surface area contributed by atoms with Gasteiger partial charge in [-0.25, -0.2) is 15.0 Å². The van der Waals surface area contributed by atoms with Crippen molar-refractivity contribution in [2.45, 2.75) is 30.6 Å². The highest BCUT2D eigenvalue weighted by Gasteiger charge is 2.43. The zero-order chi connectivity index (χ0) is 21.7. The Morgan fingerprint density at radius 2 is 2.03 bits per heavy atom. The third-order valence-corrected chi connectivity index (χ3v) is 3.95. The third kappa shape index (κ3) is 4.88. The maximum absolute atomic E-state index is 9.95. The molecular weight excluding hydrogens is 396 g/mol. The van der Waals surface area contributed by atoms with Gasteiger partial charge in [-0.1, -0.05) is 0 Å². The molecule has 1 aliphatic heterocycles. The Morgan fingerprint density at radius 3 is 2.59 bits per heavy atom. The van der Waals surface area contributed by atoms with Crippen molar-refractivity contribution >= 4 is 23.0 Å². The summed E-state index contributed by atoms with van der Waals surface area (Å²) in [5.41, 5.74) is 11.3. The third-order valence-electron chi connectivity index (χ3n) is 3.95. The minimum atomic E-state index is -1.30. The van der Waals surface area contributed by atoms with Crippen LogP contribution < -0.4 is 11.5 Å². The Hall–Kier alpha value is -3.02. The topological polar surface area (TPSA) is 256 Å². The summed E-state index contributed by atoms with van der Waals surface area (Å²) in [6.45, 7) is -0.905. The summed E-state index contributed by atoms with van der Waals surface area (Å²) in [6, 6.07) is -1.30. The normalized spacial score (nSPS) is 24.6. The number of nitrogens with two attached hydrogens (primary N) is 2. The van der Waals surface area contributed by atoms with E-state index in [1.165, 1.54) is 17.2 Å². The first-order valence-corrected chi connectivity index (χ1v) is 8.04. The highest BCUT2D eigenvalue weighted by Crippen LogP contribution is 2.31. The van der Waals surface area contributed by atoms with Crippen molar-refractivity contribution < 1.29 is 35.2 Å². The Labute approximate surface area is 161 Å². The van der Waals surface area contributed by atoms with Gasteiger partial charge in [-0.15, -0.1) is 10.1 Å². The molecule has 1 fully saturated rings. The quantitative estimate of drug-likeness (QED) is 0.181. The molecule has 29 heavy (non-hydrogen) atoms. The predicted octanol–water partition coefficient (Wildman–Crippen LogP) is -3.21. The molecule has 0 saturated carbocycles. The summed E-state index contributed by atoms with van der Waals surface area (Å²) in [5.74, 6) is -1.09. The number of nitrogens with zero attached hydrogens (tertiary/aromatic N) is 6. The van der Waals surface area contributed by atoms with Gasteiger partial charge in [-0.3, -0.25) is 14.6 Å². The minimum Gasteiger partial charge on any atom is -0.480 e.